The predicted octanol–water partition coefficient (Wildman–Crippen LogP) is 4.59. The van der Waals surface area contributed by atoms with E-state index in [1.807, 2.05) is 36.4 Å². The Morgan fingerprint density at radius 1 is 0.850 bits per heavy atom. The van der Waals surface area contributed by atoms with Crippen molar-refractivity contribution >= 4 is 11.9 Å². The SMILES string of the molecule is CC(C)C(C=O)C=C(c1ccccc1)c1ccccc1. The zero-order valence-electron chi connectivity index (χ0n) is 12.0. The summed E-state index contributed by atoms with van der Waals surface area (Å²) in [5, 5.41) is 0. The molecule has 2 aromatic rings. The Morgan fingerprint density at radius 3 is 1.65 bits per heavy atom. The summed E-state index contributed by atoms with van der Waals surface area (Å²) in [6.07, 6.45) is 3.12. The Kier molecular flexibility index (Phi) is 4.89. The molecule has 0 radical (unpaired) electrons. The maximum atomic E-state index is 11.3. The van der Waals surface area contributed by atoms with Gasteiger partial charge in [-0.1, -0.05) is 80.6 Å². The highest BCUT2D eigenvalue weighted by molar-refractivity contribution is 5.81. The normalized spacial score (nSPS) is 11.9. The molecule has 0 saturated heterocycles. The molecule has 0 spiro atoms. The van der Waals surface area contributed by atoms with Gasteiger partial charge < -0.3 is 4.79 Å². The molecule has 0 amide bonds. The fraction of sp³-hybridized carbons (Fsp3) is 0.211. The van der Waals surface area contributed by atoms with E-state index in [1.165, 1.54) is 0 Å². The molecule has 0 aliphatic carbocycles. The van der Waals surface area contributed by atoms with Gasteiger partial charge in [-0.3, -0.25) is 0 Å². The molecule has 1 heteroatoms. The number of benzene rings is 2. The Balaban J connectivity index is 2.50. The van der Waals surface area contributed by atoms with Crippen LogP contribution in [0.25, 0.3) is 5.57 Å². The molecule has 0 fully saturated rings. The van der Waals surface area contributed by atoms with E-state index in [0.29, 0.717) is 5.92 Å². The lowest BCUT2D eigenvalue weighted by Crippen LogP contribution is -2.08. The zero-order valence-corrected chi connectivity index (χ0v) is 12.0. The van der Waals surface area contributed by atoms with Crippen LogP contribution < -0.4 is 0 Å². The maximum Gasteiger partial charge on any atom is 0.127 e. The van der Waals surface area contributed by atoms with Crippen LogP contribution in [0, 0.1) is 11.8 Å². The van der Waals surface area contributed by atoms with Gasteiger partial charge in [0.2, 0.25) is 0 Å². The molecule has 20 heavy (non-hydrogen) atoms. The highest BCUT2D eigenvalue weighted by Crippen LogP contribution is 2.26. The standard InChI is InChI=1S/C19H20O/c1-15(2)18(14-20)13-19(16-9-5-3-6-10-16)17-11-7-4-8-12-17/h3-15,18H,1-2H3. The van der Waals surface area contributed by atoms with Gasteiger partial charge in [0, 0.05) is 5.92 Å². The monoisotopic (exact) mass is 264 g/mol. The molecule has 2 rings (SSSR count). The minimum absolute atomic E-state index is 0.0644. The van der Waals surface area contributed by atoms with E-state index in [9.17, 15) is 4.79 Å². The van der Waals surface area contributed by atoms with Crippen LogP contribution in [0.2, 0.25) is 0 Å². The van der Waals surface area contributed by atoms with Gasteiger partial charge in [-0.05, 0) is 22.6 Å². The number of rotatable bonds is 5. The molecule has 0 N–H and O–H groups in total. The van der Waals surface area contributed by atoms with Gasteiger partial charge in [-0.25, -0.2) is 0 Å². The van der Waals surface area contributed by atoms with Crippen molar-refractivity contribution in [3.8, 4) is 0 Å². The molecule has 0 aromatic heterocycles. The van der Waals surface area contributed by atoms with Crippen molar-refractivity contribution in [3.63, 3.8) is 0 Å². The molecule has 0 aliphatic rings. The molecule has 0 saturated carbocycles. The van der Waals surface area contributed by atoms with Crippen LogP contribution in [-0.4, -0.2) is 6.29 Å². The molecule has 0 heterocycles. The van der Waals surface area contributed by atoms with Gasteiger partial charge in [0.25, 0.3) is 0 Å². The van der Waals surface area contributed by atoms with Crippen molar-refractivity contribution in [3.05, 3.63) is 77.9 Å². The summed E-state index contributed by atoms with van der Waals surface area (Å²) in [5.74, 6) is 0.236. The molecule has 2 aromatic carbocycles. The molecule has 1 unspecified atom stereocenters. The van der Waals surface area contributed by atoms with Gasteiger partial charge in [0.15, 0.2) is 0 Å². The lowest BCUT2D eigenvalue weighted by atomic mass is 9.89. The van der Waals surface area contributed by atoms with E-state index >= 15 is 0 Å². The highest BCUT2D eigenvalue weighted by atomic mass is 16.1. The molecular formula is C19H20O. The van der Waals surface area contributed by atoms with Crippen molar-refractivity contribution in [2.24, 2.45) is 11.8 Å². The van der Waals surface area contributed by atoms with Crippen LogP contribution in [0.5, 0.6) is 0 Å². The average Bonchev–Trinajstić information content (AvgIpc) is 2.50. The quantitative estimate of drug-likeness (QED) is 0.722. The lowest BCUT2D eigenvalue weighted by Gasteiger charge is -2.14. The lowest BCUT2D eigenvalue weighted by molar-refractivity contribution is -0.110. The third kappa shape index (κ3) is 3.45. The third-order valence-electron chi connectivity index (χ3n) is 3.46. The smallest absolute Gasteiger partial charge is 0.127 e. The zero-order chi connectivity index (χ0) is 14.4. The second-order valence-corrected chi connectivity index (χ2v) is 5.27. The van der Waals surface area contributed by atoms with Gasteiger partial charge >= 0.3 is 0 Å². The number of aldehydes is 1. The summed E-state index contributed by atoms with van der Waals surface area (Å²) in [6, 6.07) is 20.4. The topological polar surface area (TPSA) is 17.1 Å². The minimum Gasteiger partial charge on any atom is -0.303 e. The van der Waals surface area contributed by atoms with Crippen molar-refractivity contribution in [1.29, 1.82) is 0 Å². The van der Waals surface area contributed by atoms with E-state index < -0.39 is 0 Å². The van der Waals surface area contributed by atoms with Gasteiger partial charge in [-0.15, -0.1) is 0 Å². The summed E-state index contributed by atoms with van der Waals surface area (Å²) in [4.78, 5) is 11.3. The Morgan fingerprint density at radius 2 is 1.30 bits per heavy atom. The molecular weight excluding hydrogens is 244 g/mol. The van der Waals surface area contributed by atoms with Crippen LogP contribution in [0.1, 0.15) is 25.0 Å². The fourth-order valence-corrected chi connectivity index (χ4v) is 2.18. The predicted molar refractivity (Wildman–Crippen MR) is 84.4 cm³/mol. The van der Waals surface area contributed by atoms with Crippen molar-refractivity contribution in [1.82, 2.24) is 0 Å². The number of carbonyl (C=O) groups excluding carboxylic acids is 1. The van der Waals surface area contributed by atoms with Crippen LogP contribution in [0.15, 0.2) is 66.7 Å². The van der Waals surface area contributed by atoms with Crippen LogP contribution >= 0.6 is 0 Å². The van der Waals surface area contributed by atoms with Crippen LogP contribution in [0.3, 0.4) is 0 Å². The first-order valence-electron chi connectivity index (χ1n) is 7.00. The summed E-state index contributed by atoms with van der Waals surface area (Å²) in [5.41, 5.74) is 3.41. The van der Waals surface area contributed by atoms with Crippen molar-refractivity contribution in [2.45, 2.75) is 13.8 Å². The molecule has 1 nitrogen and oxygen atoms in total. The van der Waals surface area contributed by atoms with Crippen molar-refractivity contribution in [2.75, 3.05) is 0 Å². The summed E-state index contributed by atoms with van der Waals surface area (Å²) in [6.45, 7) is 4.15. The third-order valence-corrected chi connectivity index (χ3v) is 3.46. The molecule has 0 bridgehead atoms. The first-order chi connectivity index (χ1) is 9.72. The summed E-state index contributed by atoms with van der Waals surface area (Å²) < 4.78 is 0. The number of allylic oxidation sites excluding steroid dienone is 1. The van der Waals surface area contributed by atoms with Crippen LogP contribution in [0.4, 0.5) is 0 Å². The van der Waals surface area contributed by atoms with E-state index in [0.717, 1.165) is 23.0 Å². The van der Waals surface area contributed by atoms with E-state index in [-0.39, 0.29) is 5.92 Å². The second-order valence-electron chi connectivity index (χ2n) is 5.27. The van der Waals surface area contributed by atoms with Gasteiger partial charge in [0.05, 0.1) is 0 Å². The fourth-order valence-electron chi connectivity index (χ4n) is 2.18. The number of hydrogen-bond donors (Lipinski definition) is 0. The van der Waals surface area contributed by atoms with Crippen molar-refractivity contribution < 1.29 is 4.79 Å². The van der Waals surface area contributed by atoms with E-state index in [4.69, 9.17) is 0 Å². The Bertz CT molecular complexity index is 526. The average molecular weight is 264 g/mol. The second kappa shape index (κ2) is 6.85. The van der Waals surface area contributed by atoms with E-state index in [2.05, 4.69) is 44.2 Å². The minimum atomic E-state index is -0.0644. The summed E-state index contributed by atoms with van der Waals surface area (Å²) >= 11 is 0. The van der Waals surface area contributed by atoms with Gasteiger partial charge in [0.1, 0.15) is 6.29 Å². The highest BCUT2D eigenvalue weighted by Gasteiger charge is 2.12. The Hall–Kier alpha value is -2.15. The Labute approximate surface area is 121 Å². The number of carbonyl (C=O) groups is 1. The molecule has 102 valence electrons. The first kappa shape index (κ1) is 14.3. The van der Waals surface area contributed by atoms with Gasteiger partial charge in [-0.2, -0.15) is 0 Å². The van der Waals surface area contributed by atoms with Crippen LogP contribution in [-0.2, 0) is 4.79 Å². The first-order valence-corrected chi connectivity index (χ1v) is 7.00. The summed E-state index contributed by atoms with van der Waals surface area (Å²) in [7, 11) is 0. The van der Waals surface area contributed by atoms with E-state index in [1.54, 1.807) is 0 Å². The molecule has 1 atom stereocenters. The maximum absolute atomic E-state index is 11.3. The largest absolute Gasteiger partial charge is 0.303 e. The number of hydrogen-bond acceptors (Lipinski definition) is 1. The molecule has 0 aliphatic heterocycles.